The summed E-state index contributed by atoms with van der Waals surface area (Å²) in [6.07, 6.45) is 5.62. The molecule has 0 radical (unpaired) electrons. The molecule has 290 valence electrons. The van der Waals surface area contributed by atoms with Crippen molar-refractivity contribution in [2.45, 2.75) is 18.9 Å². The van der Waals surface area contributed by atoms with Gasteiger partial charge in [-0.05, 0) is 67.4 Å². The standard InChI is InChI=1S/C42H44F2N8O4/c1-54-24-22-51(23-25-55-2)30-16-20-50(21-17-30)31-13-14-34(36(27-31)56-3)46-42-45-18-15-35(47-42)40-38(48-37-12-4-5-19-52(37)40)28-8-6-9-29(26-28)41(53)49-39-32(43)10-7-11-33(39)44/h4-15,18-19,26-27,30H,16-17,20-25H2,1-3H3,(H,49,53)(H,45,46,47). The molecule has 14 heteroatoms. The summed E-state index contributed by atoms with van der Waals surface area (Å²) in [6, 6.07) is 24.1. The molecule has 1 aliphatic rings. The molecule has 2 N–H and O–H groups in total. The fourth-order valence-corrected chi connectivity index (χ4v) is 7.09. The van der Waals surface area contributed by atoms with Crippen molar-refractivity contribution in [3.8, 4) is 28.4 Å². The second-order valence-corrected chi connectivity index (χ2v) is 13.4. The van der Waals surface area contributed by atoms with Gasteiger partial charge in [0.1, 0.15) is 28.7 Å². The highest BCUT2D eigenvalue weighted by Crippen LogP contribution is 2.35. The molecule has 0 atom stereocenters. The van der Waals surface area contributed by atoms with Crippen molar-refractivity contribution < 1.29 is 27.8 Å². The number of halogens is 2. The zero-order valence-electron chi connectivity index (χ0n) is 31.5. The lowest BCUT2D eigenvalue weighted by Gasteiger charge is -2.39. The first-order valence-electron chi connectivity index (χ1n) is 18.4. The van der Waals surface area contributed by atoms with Gasteiger partial charge in [-0.15, -0.1) is 0 Å². The Morgan fingerprint density at radius 1 is 0.875 bits per heavy atom. The van der Waals surface area contributed by atoms with Gasteiger partial charge in [0.2, 0.25) is 5.95 Å². The first-order chi connectivity index (χ1) is 27.4. The number of methoxy groups -OCH3 is 3. The second kappa shape index (κ2) is 17.7. The van der Waals surface area contributed by atoms with Crippen molar-refractivity contribution in [1.29, 1.82) is 0 Å². The lowest BCUT2D eigenvalue weighted by atomic mass is 10.0. The number of amides is 1. The number of benzene rings is 3. The van der Waals surface area contributed by atoms with Gasteiger partial charge in [-0.25, -0.2) is 23.7 Å². The maximum absolute atomic E-state index is 14.3. The van der Waals surface area contributed by atoms with Crippen LogP contribution < -0.4 is 20.3 Å². The van der Waals surface area contributed by atoms with Crippen molar-refractivity contribution >= 4 is 34.6 Å². The minimum atomic E-state index is -0.866. The van der Waals surface area contributed by atoms with Crippen molar-refractivity contribution in [3.63, 3.8) is 0 Å². The minimum absolute atomic E-state index is 0.198. The molecule has 0 aliphatic carbocycles. The molecule has 1 amide bonds. The number of nitrogens with one attached hydrogen (secondary N) is 2. The maximum Gasteiger partial charge on any atom is 0.255 e. The SMILES string of the molecule is COCCN(CCOC)C1CCN(c2ccc(Nc3nccc(-c4c(-c5cccc(C(=O)Nc6c(F)cccc6F)c5)nc5ccccn45)n3)c(OC)c2)CC1. The first-order valence-corrected chi connectivity index (χ1v) is 18.4. The minimum Gasteiger partial charge on any atom is -0.494 e. The van der Waals surface area contributed by atoms with Crippen LogP contribution in [0.3, 0.4) is 0 Å². The van der Waals surface area contributed by atoms with Crippen LogP contribution in [0.25, 0.3) is 28.3 Å². The van der Waals surface area contributed by atoms with Gasteiger partial charge >= 0.3 is 0 Å². The van der Waals surface area contributed by atoms with E-state index < -0.39 is 23.2 Å². The molecule has 3 aromatic carbocycles. The molecule has 12 nitrogen and oxygen atoms in total. The molecule has 3 aromatic heterocycles. The number of hydrogen-bond acceptors (Lipinski definition) is 10. The van der Waals surface area contributed by atoms with Gasteiger partial charge in [0.15, 0.2) is 0 Å². The number of para-hydroxylation sites is 1. The van der Waals surface area contributed by atoms with Crippen LogP contribution in [0.5, 0.6) is 5.75 Å². The van der Waals surface area contributed by atoms with E-state index in [0.29, 0.717) is 64.9 Å². The lowest BCUT2D eigenvalue weighted by Crippen LogP contribution is -2.47. The summed E-state index contributed by atoms with van der Waals surface area (Å²) in [4.78, 5) is 32.4. The highest BCUT2D eigenvalue weighted by Gasteiger charge is 2.26. The Morgan fingerprint density at radius 3 is 2.36 bits per heavy atom. The number of fused-ring (bicyclic) bond motifs is 1. The monoisotopic (exact) mass is 762 g/mol. The molecule has 0 spiro atoms. The Morgan fingerprint density at radius 2 is 1.62 bits per heavy atom. The Kier molecular flexibility index (Phi) is 12.1. The molecule has 6 aromatic rings. The highest BCUT2D eigenvalue weighted by atomic mass is 19.1. The van der Waals surface area contributed by atoms with Gasteiger partial charge in [-0.2, -0.15) is 0 Å². The molecular formula is C42H44F2N8O4. The fraction of sp³-hybridized carbons (Fsp3) is 0.286. The molecule has 1 saturated heterocycles. The quantitative estimate of drug-likeness (QED) is 0.110. The molecule has 1 aliphatic heterocycles. The van der Waals surface area contributed by atoms with E-state index in [4.69, 9.17) is 24.2 Å². The molecule has 0 bridgehead atoms. The highest BCUT2D eigenvalue weighted by molar-refractivity contribution is 6.05. The van der Waals surface area contributed by atoms with E-state index in [1.165, 1.54) is 6.07 Å². The maximum atomic E-state index is 14.3. The number of ether oxygens (including phenoxy) is 3. The van der Waals surface area contributed by atoms with Gasteiger partial charge in [0, 0.05) is 81.7 Å². The summed E-state index contributed by atoms with van der Waals surface area (Å²) in [5, 5.41) is 5.70. The van der Waals surface area contributed by atoms with Gasteiger partial charge < -0.3 is 29.7 Å². The Balaban J connectivity index is 1.12. The van der Waals surface area contributed by atoms with Crippen molar-refractivity contribution in [1.82, 2.24) is 24.3 Å². The van der Waals surface area contributed by atoms with Crippen LogP contribution >= 0.6 is 0 Å². The normalized spacial score (nSPS) is 13.4. The molecule has 1 fully saturated rings. The molecule has 7 rings (SSSR count). The topological polar surface area (TPSA) is 118 Å². The Hall–Kier alpha value is -5.96. The number of carbonyl (C=O) groups excluding carboxylic acids is 1. The van der Waals surface area contributed by atoms with E-state index in [1.807, 2.05) is 47.0 Å². The van der Waals surface area contributed by atoms with Crippen LogP contribution in [0.15, 0.2) is 97.3 Å². The van der Waals surface area contributed by atoms with Crippen LogP contribution in [-0.2, 0) is 9.47 Å². The fourth-order valence-electron chi connectivity index (χ4n) is 7.09. The number of imidazole rings is 1. The van der Waals surface area contributed by atoms with E-state index in [0.717, 1.165) is 56.8 Å². The number of aromatic nitrogens is 4. The zero-order chi connectivity index (χ0) is 39.0. The summed E-state index contributed by atoms with van der Waals surface area (Å²) in [7, 11) is 5.11. The largest absolute Gasteiger partial charge is 0.494 e. The van der Waals surface area contributed by atoms with Gasteiger partial charge in [0.25, 0.3) is 5.91 Å². The summed E-state index contributed by atoms with van der Waals surface area (Å²) in [5.74, 6) is -1.40. The summed E-state index contributed by atoms with van der Waals surface area (Å²) >= 11 is 0. The van der Waals surface area contributed by atoms with Crippen molar-refractivity contribution in [2.75, 3.05) is 76.3 Å². The number of nitrogens with zero attached hydrogens (tertiary/aromatic N) is 6. The van der Waals surface area contributed by atoms with Crippen LogP contribution in [0.1, 0.15) is 23.2 Å². The van der Waals surface area contributed by atoms with Crippen LogP contribution in [0.4, 0.5) is 31.8 Å². The second-order valence-electron chi connectivity index (χ2n) is 13.4. The van der Waals surface area contributed by atoms with E-state index in [9.17, 15) is 13.6 Å². The average Bonchev–Trinajstić information content (AvgIpc) is 3.63. The van der Waals surface area contributed by atoms with Crippen molar-refractivity contribution in [2.24, 2.45) is 0 Å². The predicted molar refractivity (Wildman–Crippen MR) is 213 cm³/mol. The third-order valence-electron chi connectivity index (χ3n) is 9.97. The number of anilines is 4. The summed E-state index contributed by atoms with van der Waals surface area (Å²) < 4.78 is 47.1. The van der Waals surface area contributed by atoms with E-state index >= 15 is 0 Å². The number of hydrogen-bond donors (Lipinski definition) is 2. The summed E-state index contributed by atoms with van der Waals surface area (Å²) in [5.41, 5.74) is 4.53. The summed E-state index contributed by atoms with van der Waals surface area (Å²) in [6.45, 7) is 4.99. The van der Waals surface area contributed by atoms with E-state index in [-0.39, 0.29) is 5.56 Å². The van der Waals surface area contributed by atoms with Gasteiger partial charge in [0.05, 0.1) is 43.1 Å². The number of rotatable bonds is 15. The number of carbonyl (C=O) groups is 1. The molecular weight excluding hydrogens is 719 g/mol. The van der Waals surface area contributed by atoms with E-state index in [1.54, 1.807) is 51.8 Å². The third kappa shape index (κ3) is 8.47. The smallest absolute Gasteiger partial charge is 0.255 e. The van der Waals surface area contributed by atoms with Crippen LogP contribution in [0, 0.1) is 11.6 Å². The molecule has 0 unspecified atom stereocenters. The van der Waals surface area contributed by atoms with E-state index in [2.05, 4.69) is 31.5 Å². The Labute approximate surface area is 324 Å². The third-order valence-corrected chi connectivity index (χ3v) is 9.97. The number of pyridine rings is 1. The van der Waals surface area contributed by atoms with Gasteiger partial charge in [-0.1, -0.05) is 24.3 Å². The number of piperidine rings is 1. The Bertz CT molecular complexity index is 2270. The molecule has 56 heavy (non-hydrogen) atoms. The van der Waals surface area contributed by atoms with Crippen molar-refractivity contribution in [3.05, 3.63) is 115 Å². The predicted octanol–water partition coefficient (Wildman–Crippen LogP) is 7.30. The van der Waals surface area contributed by atoms with Crippen LogP contribution in [-0.4, -0.2) is 96.9 Å². The van der Waals surface area contributed by atoms with Crippen LogP contribution in [0.2, 0.25) is 0 Å². The zero-order valence-corrected chi connectivity index (χ0v) is 31.5. The first kappa shape index (κ1) is 38.3. The van der Waals surface area contributed by atoms with Gasteiger partial charge in [-0.3, -0.25) is 14.1 Å². The molecule has 0 saturated carbocycles. The average molecular weight is 763 g/mol. The lowest BCUT2D eigenvalue weighted by molar-refractivity contribution is 0.0787. The molecule has 4 heterocycles.